The molecule has 0 spiro atoms. The zero-order chi connectivity index (χ0) is 22.3. The van der Waals surface area contributed by atoms with E-state index in [9.17, 15) is 14.4 Å². The molecule has 3 aromatic carbocycles. The number of benzene rings is 3. The van der Waals surface area contributed by atoms with Crippen molar-refractivity contribution in [2.75, 3.05) is 23.7 Å². The van der Waals surface area contributed by atoms with Crippen LogP contribution in [0.15, 0.2) is 84.9 Å². The first-order chi connectivity index (χ1) is 15.6. The number of hydrogen-bond donors (Lipinski definition) is 2. The molecule has 0 unspecified atom stereocenters. The highest BCUT2D eigenvalue weighted by molar-refractivity contribution is 6.09. The number of piperidine rings is 1. The van der Waals surface area contributed by atoms with Crippen molar-refractivity contribution >= 4 is 29.1 Å². The highest BCUT2D eigenvalue weighted by Gasteiger charge is 2.29. The van der Waals surface area contributed by atoms with E-state index in [1.54, 1.807) is 53.4 Å². The quantitative estimate of drug-likeness (QED) is 0.632. The van der Waals surface area contributed by atoms with Crippen LogP contribution >= 0.6 is 0 Å². The van der Waals surface area contributed by atoms with Crippen molar-refractivity contribution < 1.29 is 14.4 Å². The summed E-state index contributed by atoms with van der Waals surface area (Å²) in [6, 6.07) is 25.3. The molecule has 3 amide bonds. The second kappa shape index (κ2) is 9.92. The van der Waals surface area contributed by atoms with Crippen LogP contribution in [-0.2, 0) is 4.79 Å². The largest absolute Gasteiger partial charge is 0.339 e. The fourth-order valence-electron chi connectivity index (χ4n) is 3.84. The van der Waals surface area contributed by atoms with Crippen molar-refractivity contribution in [3.05, 3.63) is 96.1 Å². The van der Waals surface area contributed by atoms with Gasteiger partial charge in [0.25, 0.3) is 11.8 Å². The molecular weight excluding hydrogens is 402 g/mol. The summed E-state index contributed by atoms with van der Waals surface area (Å²) in [5.74, 6) is -0.552. The van der Waals surface area contributed by atoms with Crippen LogP contribution < -0.4 is 10.6 Å². The fourth-order valence-corrected chi connectivity index (χ4v) is 3.84. The maximum absolute atomic E-state index is 13.2. The van der Waals surface area contributed by atoms with E-state index in [4.69, 9.17) is 0 Å². The van der Waals surface area contributed by atoms with Gasteiger partial charge in [-0.05, 0) is 49.2 Å². The van der Waals surface area contributed by atoms with E-state index in [2.05, 4.69) is 10.6 Å². The maximum Gasteiger partial charge on any atom is 0.255 e. The lowest BCUT2D eigenvalue weighted by Gasteiger charge is -2.31. The summed E-state index contributed by atoms with van der Waals surface area (Å²) >= 11 is 0. The minimum Gasteiger partial charge on any atom is -0.339 e. The smallest absolute Gasteiger partial charge is 0.255 e. The van der Waals surface area contributed by atoms with Gasteiger partial charge in [0, 0.05) is 30.3 Å². The Bertz CT molecular complexity index is 1090. The Morgan fingerprint density at radius 2 is 1.31 bits per heavy atom. The summed E-state index contributed by atoms with van der Waals surface area (Å²) in [5, 5.41) is 5.79. The van der Waals surface area contributed by atoms with Crippen LogP contribution in [0.5, 0.6) is 0 Å². The minimum atomic E-state index is -0.262. The van der Waals surface area contributed by atoms with E-state index >= 15 is 0 Å². The van der Waals surface area contributed by atoms with Gasteiger partial charge in [-0.3, -0.25) is 14.4 Å². The molecule has 1 saturated heterocycles. The molecule has 1 aliphatic rings. The van der Waals surface area contributed by atoms with Crippen LogP contribution in [0.2, 0.25) is 0 Å². The van der Waals surface area contributed by atoms with Gasteiger partial charge in [0.1, 0.15) is 0 Å². The Morgan fingerprint density at radius 3 is 2.00 bits per heavy atom. The SMILES string of the molecule is O=C(Nc1ccccc1C(=O)N1CCC(C(=O)Nc2ccccc2)CC1)c1ccccc1. The van der Waals surface area contributed by atoms with E-state index in [0.29, 0.717) is 42.7 Å². The van der Waals surface area contributed by atoms with Crippen LogP contribution in [0, 0.1) is 5.92 Å². The molecule has 0 aliphatic carbocycles. The van der Waals surface area contributed by atoms with Crippen molar-refractivity contribution in [3.63, 3.8) is 0 Å². The summed E-state index contributed by atoms with van der Waals surface area (Å²) in [6.07, 6.45) is 1.20. The number of hydrogen-bond acceptors (Lipinski definition) is 3. The monoisotopic (exact) mass is 427 g/mol. The third-order valence-electron chi connectivity index (χ3n) is 5.64. The van der Waals surface area contributed by atoms with Gasteiger partial charge in [-0.1, -0.05) is 48.5 Å². The van der Waals surface area contributed by atoms with Crippen molar-refractivity contribution in [2.24, 2.45) is 5.92 Å². The summed E-state index contributed by atoms with van der Waals surface area (Å²) in [7, 11) is 0. The van der Waals surface area contributed by atoms with Gasteiger partial charge in [0.15, 0.2) is 0 Å². The lowest BCUT2D eigenvalue weighted by Crippen LogP contribution is -2.41. The number of para-hydroxylation sites is 2. The fraction of sp³-hybridized carbons (Fsp3) is 0.192. The van der Waals surface area contributed by atoms with Gasteiger partial charge in [-0.15, -0.1) is 0 Å². The standard InChI is InChI=1S/C26H25N3O3/c30-24(27-21-11-5-2-6-12-21)20-15-17-29(18-16-20)26(32)22-13-7-8-14-23(22)28-25(31)19-9-3-1-4-10-19/h1-14,20H,15-18H2,(H,27,30)(H,28,31). The van der Waals surface area contributed by atoms with E-state index in [0.717, 1.165) is 5.69 Å². The number of amides is 3. The van der Waals surface area contributed by atoms with Gasteiger partial charge < -0.3 is 15.5 Å². The Labute approximate surface area is 187 Å². The number of anilines is 2. The summed E-state index contributed by atoms with van der Waals surface area (Å²) in [4.78, 5) is 40.0. The number of rotatable bonds is 5. The second-order valence-electron chi connectivity index (χ2n) is 7.79. The predicted octanol–water partition coefficient (Wildman–Crippen LogP) is 4.43. The minimum absolute atomic E-state index is 0.0150. The van der Waals surface area contributed by atoms with E-state index in [-0.39, 0.29) is 23.6 Å². The normalized spacial score (nSPS) is 13.9. The third kappa shape index (κ3) is 5.03. The van der Waals surface area contributed by atoms with Crippen LogP contribution in [0.3, 0.4) is 0 Å². The van der Waals surface area contributed by atoms with Crippen molar-refractivity contribution in [2.45, 2.75) is 12.8 Å². The number of nitrogens with zero attached hydrogens (tertiary/aromatic N) is 1. The molecule has 6 nitrogen and oxygen atoms in total. The molecule has 0 atom stereocenters. The number of carbonyl (C=O) groups excluding carboxylic acids is 3. The van der Waals surface area contributed by atoms with Gasteiger partial charge in [-0.2, -0.15) is 0 Å². The van der Waals surface area contributed by atoms with Gasteiger partial charge in [0.05, 0.1) is 11.3 Å². The molecule has 0 saturated carbocycles. The van der Waals surface area contributed by atoms with Crippen LogP contribution in [0.4, 0.5) is 11.4 Å². The van der Waals surface area contributed by atoms with Crippen molar-refractivity contribution in [1.82, 2.24) is 4.90 Å². The Hall–Kier alpha value is -3.93. The summed E-state index contributed by atoms with van der Waals surface area (Å²) < 4.78 is 0. The van der Waals surface area contributed by atoms with E-state index in [1.165, 1.54) is 0 Å². The number of carbonyl (C=O) groups is 3. The lowest BCUT2D eigenvalue weighted by atomic mass is 9.95. The molecule has 0 bridgehead atoms. The average molecular weight is 428 g/mol. The highest BCUT2D eigenvalue weighted by atomic mass is 16.2. The second-order valence-corrected chi connectivity index (χ2v) is 7.79. The molecule has 162 valence electrons. The molecule has 1 fully saturated rings. The first-order valence-corrected chi connectivity index (χ1v) is 10.7. The molecule has 0 aromatic heterocycles. The van der Waals surface area contributed by atoms with Crippen molar-refractivity contribution in [3.8, 4) is 0 Å². The van der Waals surface area contributed by atoms with Gasteiger partial charge in [0.2, 0.25) is 5.91 Å². The van der Waals surface area contributed by atoms with E-state index in [1.807, 2.05) is 36.4 Å². The summed E-state index contributed by atoms with van der Waals surface area (Å²) in [6.45, 7) is 0.985. The molecule has 0 radical (unpaired) electrons. The Balaban J connectivity index is 1.38. The number of nitrogens with one attached hydrogen (secondary N) is 2. The maximum atomic E-state index is 13.2. The number of likely N-dealkylation sites (tertiary alicyclic amines) is 1. The zero-order valence-electron chi connectivity index (χ0n) is 17.7. The molecule has 3 aromatic rings. The average Bonchev–Trinajstić information content (AvgIpc) is 2.85. The molecule has 32 heavy (non-hydrogen) atoms. The third-order valence-corrected chi connectivity index (χ3v) is 5.64. The molecule has 6 heteroatoms. The first kappa shape index (κ1) is 21.3. The Kier molecular flexibility index (Phi) is 6.60. The lowest BCUT2D eigenvalue weighted by molar-refractivity contribution is -0.121. The highest BCUT2D eigenvalue weighted by Crippen LogP contribution is 2.24. The topological polar surface area (TPSA) is 78.5 Å². The predicted molar refractivity (Wildman–Crippen MR) is 125 cm³/mol. The summed E-state index contributed by atoms with van der Waals surface area (Å²) in [5.41, 5.74) is 2.23. The molecule has 2 N–H and O–H groups in total. The van der Waals surface area contributed by atoms with Crippen LogP contribution in [-0.4, -0.2) is 35.7 Å². The molecular formula is C26H25N3O3. The first-order valence-electron chi connectivity index (χ1n) is 10.7. The van der Waals surface area contributed by atoms with Gasteiger partial charge >= 0.3 is 0 Å². The Morgan fingerprint density at radius 1 is 0.719 bits per heavy atom. The van der Waals surface area contributed by atoms with Crippen LogP contribution in [0.25, 0.3) is 0 Å². The molecule has 1 aliphatic heterocycles. The molecule has 1 heterocycles. The molecule has 4 rings (SSSR count). The van der Waals surface area contributed by atoms with Gasteiger partial charge in [-0.25, -0.2) is 0 Å². The zero-order valence-corrected chi connectivity index (χ0v) is 17.7. The van der Waals surface area contributed by atoms with Crippen molar-refractivity contribution in [1.29, 1.82) is 0 Å². The van der Waals surface area contributed by atoms with E-state index < -0.39 is 0 Å². The van der Waals surface area contributed by atoms with Crippen LogP contribution in [0.1, 0.15) is 33.6 Å².